The first-order chi connectivity index (χ1) is 13.3. The Morgan fingerprint density at radius 1 is 1.21 bits per heavy atom. The Labute approximate surface area is 164 Å². The van der Waals surface area contributed by atoms with Gasteiger partial charge in [-0.1, -0.05) is 25.0 Å². The predicted molar refractivity (Wildman–Crippen MR) is 103 cm³/mol. The Balaban J connectivity index is 2.22. The van der Waals surface area contributed by atoms with Crippen molar-refractivity contribution in [2.45, 2.75) is 44.6 Å². The molecule has 1 fully saturated rings. The summed E-state index contributed by atoms with van der Waals surface area (Å²) in [5.41, 5.74) is 0.192. The summed E-state index contributed by atoms with van der Waals surface area (Å²) in [6.07, 6.45) is 4.38. The third-order valence-corrected chi connectivity index (χ3v) is 5.64. The standard InChI is InChI=1S/C20H28N2O6/c1-21(19(24)20(12-13-27-2)10-4-5-11-20)17(18(23)28-3)14-15-6-8-16(9-7-15)22(25)26/h6-9,17H,4-5,10-14H2,1-3H3/t17-/m0/s1. The van der Waals surface area contributed by atoms with Crippen molar-refractivity contribution in [1.29, 1.82) is 0 Å². The van der Waals surface area contributed by atoms with Crippen molar-refractivity contribution in [3.8, 4) is 0 Å². The fourth-order valence-corrected chi connectivity index (χ4v) is 3.93. The van der Waals surface area contributed by atoms with Gasteiger partial charge in [-0.3, -0.25) is 14.9 Å². The highest BCUT2D eigenvalue weighted by Crippen LogP contribution is 2.43. The van der Waals surface area contributed by atoms with Gasteiger partial charge in [-0.2, -0.15) is 0 Å². The van der Waals surface area contributed by atoms with Gasteiger partial charge in [0.05, 0.1) is 17.4 Å². The van der Waals surface area contributed by atoms with Crippen molar-refractivity contribution >= 4 is 17.6 Å². The number of non-ortho nitro benzene ring substituents is 1. The van der Waals surface area contributed by atoms with Crippen molar-refractivity contribution in [3.05, 3.63) is 39.9 Å². The van der Waals surface area contributed by atoms with Gasteiger partial charge in [-0.05, 0) is 24.8 Å². The maximum atomic E-state index is 13.3. The molecule has 2 rings (SSSR count). The molecule has 1 atom stereocenters. The minimum absolute atomic E-state index is 0.0210. The minimum atomic E-state index is -0.793. The number of hydrogen-bond donors (Lipinski definition) is 0. The minimum Gasteiger partial charge on any atom is -0.467 e. The average molecular weight is 392 g/mol. The topological polar surface area (TPSA) is 99.0 Å². The molecule has 0 saturated heterocycles. The van der Waals surface area contributed by atoms with Crippen molar-refractivity contribution in [2.24, 2.45) is 5.41 Å². The summed E-state index contributed by atoms with van der Waals surface area (Å²) < 4.78 is 10.1. The Morgan fingerprint density at radius 2 is 1.82 bits per heavy atom. The lowest BCUT2D eigenvalue weighted by Crippen LogP contribution is -2.50. The lowest BCUT2D eigenvalue weighted by molar-refractivity contribution is -0.384. The van der Waals surface area contributed by atoms with E-state index in [4.69, 9.17) is 9.47 Å². The first-order valence-electron chi connectivity index (χ1n) is 9.42. The van der Waals surface area contributed by atoms with E-state index in [0.717, 1.165) is 31.2 Å². The van der Waals surface area contributed by atoms with Crippen LogP contribution in [0.1, 0.15) is 37.7 Å². The fraction of sp³-hybridized carbons (Fsp3) is 0.600. The first-order valence-corrected chi connectivity index (χ1v) is 9.42. The van der Waals surface area contributed by atoms with E-state index in [-0.39, 0.29) is 18.0 Å². The van der Waals surface area contributed by atoms with Gasteiger partial charge in [0.25, 0.3) is 5.69 Å². The highest BCUT2D eigenvalue weighted by atomic mass is 16.6. The van der Waals surface area contributed by atoms with E-state index < -0.39 is 22.3 Å². The Morgan fingerprint density at radius 3 is 2.32 bits per heavy atom. The van der Waals surface area contributed by atoms with Gasteiger partial charge in [0.1, 0.15) is 6.04 Å². The molecule has 8 heteroatoms. The third kappa shape index (κ3) is 4.86. The summed E-state index contributed by atoms with van der Waals surface area (Å²) in [4.78, 5) is 37.6. The van der Waals surface area contributed by atoms with Gasteiger partial charge in [0, 0.05) is 39.3 Å². The average Bonchev–Trinajstić information content (AvgIpc) is 3.19. The molecule has 1 aliphatic carbocycles. The molecular formula is C20H28N2O6. The van der Waals surface area contributed by atoms with E-state index >= 15 is 0 Å². The van der Waals surface area contributed by atoms with Crippen LogP contribution in [0.2, 0.25) is 0 Å². The van der Waals surface area contributed by atoms with Gasteiger partial charge in [0.2, 0.25) is 5.91 Å². The molecule has 0 N–H and O–H groups in total. The maximum Gasteiger partial charge on any atom is 0.328 e. The molecule has 0 heterocycles. The number of likely N-dealkylation sites (N-methyl/N-ethyl adjacent to an activating group) is 1. The van der Waals surface area contributed by atoms with Crippen LogP contribution in [0.25, 0.3) is 0 Å². The SMILES string of the molecule is COCCC1(C(=O)N(C)[C@@H](Cc2ccc([N+](=O)[O-])cc2)C(=O)OC)CCCC1. The number of nitro groups is 1. The molecule has 1 aliphatic rings. The molecular weight excluding hydrogens is 364 g/mol. The maximum absolute atomic E-state index is 13.3. The van der Waals surface area contributed by atoms with E-state index in [0.29, 0.717) is 13.0 Å². The number of benzene rings is 1. The van der Waals surface area contributed by atoms with E-state index in [1.54, 1.807) is 26.3 Å². The van der Waals surface area contributed by atoms with Crippen molar-refractivity contribution in [2.75, 3.05) is 27.9 Å². The number of nitro benzene ring substituents is 1. The Hall–Kier alpha value is -2.48. The Kier molecular flexibility index (Phi) is 7.51. The van der Waals surface area contributed by atoms with Crippen LogP contribution in [0.4, 0.5) is 5.69 Å². The summed E-state index contributed by atoms with van der Waals surface area (Å²) in [7, 11) is 4.53. The normalized spacial score (nSPS) is 16.4. The number of ether oxygens (including phenoxy) is 2. The zero-order valence-corrected chi connectivity index (χ0v) is 16.7. The van der Waals surface area contributed by atoms with Crippen molar-refractivity contribution in [1.82, 2.24) is 4.90 Å². The van der Waals surface area contributed by atoms with Gasteiger partial charge in [-0.25, -0.2) is 4.79 Å². The van der Waals surface area contributed by atoms with Crippen LogP contribution >= 0.6 is 0 Å². The number of carbonyl (C=O) groups is 2. The lowest BCUT2D eigenvalue weighted by atomic mass is 9.81. The lowest BCUT2D eigenvalue weighted by Gasteiger charge is -2.35. The molecule has 1 aromatic rings. The van der Waals surface area contributed by atoms with Crippen molar-refractivity contribution < 1.29 is 24.0 Å². The van der Waals surface area contributed by atoms with Crippen LogP contribution in [0.15, 0.2) is 24.3 Å². The number of hydrogen-bond acceptors (Lipinski definition) is 6. The summed E-state index contributed by atoms with van der Waals surface area (Å²) in [5.74, 6) is -0.576. The number of rotatable bonds is 9. The second-order valence-electron chi connectivity index (χ2n) is 7.31. The molecule has 1 aromatic carbocycles. The van der Waals surface area contributed by atoms with Crippen LogP contribution in [0.5, 0.6) is 0 Å². The predicted octanol–water partition coefficient (Wildman–Crippen LogP) is 2.73. The highest BCUT2D eigenvalue weighted by molar-refractivity contribution is 5.88. The fourth-order valence-electron chi connectivity index (χ4n) is 3.93. The summed E-state index contributed by atoms with van der Waals surface area (Å²) in [6, 6.07) is 5.19. The molecule has 1 amide bonds. The van der Waals surface area contributed by atoms with E-state index in [9.17, 15) is 19.7 Å². The molecule has 0 bridgehead atoms. The molecule has 0 aliphatic heterocycles. The van der Waals surface area contributed by atoms with Gasteiger partial charge in [-0.15, -0.1) is 0 Å². The smallest absolute Gasteiger partial charge is 0.328 e. The molecule has 0 spiro atoms. The van der Waals surface area contributed by atoms with Gasteiger partial charge in [0.15, 0.2) is 0 Å². The number of carbonyl (C=O) groups excluding carboxylic acids is 2. The second-order valence-corrected chi connectivity index (χ2v) is 7.31. The first kappa shape index (κ1) is 21.8. The molecule has 28 heavy (non-hydrogen) atoms. The number of amides is 1. The van der Waals surface area contributed by atoms with Crippen LogP contribution in [-0.2, 0) is 25.5 Å². The highest BCUT2D eigenvalue weighted by Gasteiger charge is 2.44. The van der Waals surface area contributed by atoms with Crippen molar-refractivity contribution in [3.63, 3.8) is 0 Å². The van der Waals surface area contributed by atoms with Crippen LogP contribution in [0, 0.1) is 15.5 Å². The van der Waals surface area contributed by atoms with Crippen LogP contribution in [0.3, 0.4) is 0 Å². The quantitative estimate of drug-likeness (QED) is 0.364. The third-order valence-electron chi connectivity index (χ3n) is 5.64. The number of esters is 1. The van der Waals surface area contributed by atoms with Crippen LogP contribution in [-0.4, -0.2) is 55.6 Å². The van der Waals surface area contributed by atoms with Gasteiger partial charge >= 0.3 is 5.97 Å². The molecule has 0 aromatic heterocycles. The second kappa shape index (κ2) is 9.64. The zero-order chi connectivity index (χ0) is 20.7. The largest absolute Gasteiger partial charge is 0.467 e. The summed E-state index contributed by atoms with van der Waals surface area (Å²) in [6.45, 7) is 0.491. The molecule has 154 valence electrons. The van der Waals surface area contributed by atoms with Gasteiger partial charge < -0.3 is 14.4 Å². The van der Waals surface area contributed by atoms with E-state index in [1.807, 2.05) is 0 Å². The Bertz CT molecular complexity index is 697. The number of methoxy groups -OCH3 is 2. The van der Waals surface area contributed by atoms with E-state index in [1.165, 1.54) is 24.1 Å². The van der Waals surface area contributed by atoms with Crippen LogP contribution < -0.4 is 0 Å². The molecule has 0 radical (unpaired) electrons. The summed E-state index contributed by atoms with van der Waals surface area (Å²) in [5, 5.41) is 10.8. The monoisotopic (exact) mass is 392 g/mol. The molecule has 1 saturated carbocycles. The summed E-state index contributed by atoms with van der Waals surface area (Å²) >= 11 is 0. The number of nitrogens with zero attached hydrogens (tertiary/aromatic N) is 2. The zero-order valence-electron chi connectivity index (χ0n) is 16.7. The molecule has 8 nitrogen and oxygen atoms in total. The molecule has 0 unspecified atom stereocenters. The van der Waals surface area contributed by atoms with E-state index in [2.05, 4.69) is 0 Å².